The molecule has 3 N–H and O–H groups in total. The molecular formula is C73H136N2O6P+. The number of carbonyl (C=O) groups excluding carboxylic acids is 1. The molecule has 8 nitrogen and oxygen atoms in total. The van der Waals surface area contributed by atoms with Crippen LogP contribution in [-0.2, 0) is 18.4 Å². The topological polar surface area (TPSA) is 105 Å². The van der Waals surface area contributed by atoms with Crippen LogP contribution in [-0.4, -0.2) is 73.4 Å². The summed E-state index contributed by atoms with van der Waals surface area (Å²) in [5.41, 5.74) is 0. The van der Waals surface area contributed by atoms with Gasteiger partial charge in [0.15, 0.2) is 0 Å². The van der Waals surface area contributed by atoms with Crippen molar-refractivity contribution in [3.8, 4) is 0 Å². The van der Waals surface area contributed by atoms with Gasteiger partial charge >= 0.3 is 7.82 Å². The lowest BCUT2D eigenvalue weighted by molar-refractivity contribution is -0.870. The number of likely N-dealkylation sites (N-methyl/N-ethyl adjacent to an activating group) is 1. The molecule has 0 bridgehead atoms. The summed E-state index contributed by atoms with van der Waals surface area (Å²) >= 11 is 0. The second kappa shape index (κ2) is 63.2. The van der Waals surface area contributed by atoms with Crippen molar-refractivity contribution < 1.29 is 32.9 Å². The van der Waals surface area contributed by atoms with Crippen molar-refractivity contribution in [1.82, 2.24) is 5.32 Å². The van der Waals surface area contributed by atoms with E-state index in [1.165, 1.54) is 225 Å². The first-order valence-corrected chi connectivity index (χ1v) is 36.5. The van der Waals surface area contributed by atoms with Gasteiger partial charge in [-0.05, 0) is 70.6 Å². The summed E-state index contributed by atoms with van der Waals surface area (Å²) in [5, 5.41) is 14.0. The second-order valence-corrected chi connectivity index (χ2v) is 26.3. The van der Waals surface area contributed by atoms with Crippen LogP contribution in [0.2, 0.25) is 0 Å². The summed E-state index contributed by atoms with van der Waals surface area (Å²) in [5.74, 6) is -0.174. The van der Waals surface area contributed by atoms with Gasteiger partial charge in [0.05, 0.1) is 39.9 Å². The molecule has 3 atom stereocenters. The first-order chi connectivity index (χ1) is 40.0. The summed E-state index contributed by atoms with van der Waals surface area (Å²) < 4.78 is 23.8. The standard InChI is InChI=1S/C73H135N2O6P/c1-6-8-10-12-14-16-18-20-22-24-26-28-30-31-32-33-34-35-36-37-38-39-40-41-42-43-45-47-49-51-53-55-57-59-61-63-65-67-73(77)74-71(70-81-82(78,79)80-69-68-75(3,4)5)72(76)66-64-62-60-58-56-54-52-50-48-46-44-29-27-25-23-21-19-17-15-13-11-9-7-2/h8,10,14,16,20,22,26,28,31-32,34-35,64,66,71-72,76H,6-7,9,11-13,15,17-19,21,23-25,27,29-30,33,36-63,65,67-70H2,1-5H3,(H-,74,77,78,79)/p+1/b10-8-,16-14-,22-20-,28-26-,32-31-,35-34-,66-64+. The van der Waals surface area contributed by atoms with Gasteiger partial charge in [0.2, 0.25) is 5.91 Å². The van der Waals surface area contributed by atoms with Crippen LogP contribution in [0.1, 0.15) is 322 Å². The zero-order valence-corrected chi connectivity index (χ0v) is 55.6. The van der Waals surface area contributed by atoms with E-state index in [0.29, 0.717) is 17.4 Å². The number of nitrogens with zero attached hydrogens (tertiary/aromatic N) is 1. The normalized spacial score (nSPS) is 14.2. The molecule has 82 heavy (non-hydrogen) atoms. The molecule has 0 rings (SSSR count). The number of unbranched alkanes of at least 4 members (excludes halogenated alkanes) is 39. The third-order valence-electron chi connectivity index (χ3n) is 15.6. The number of hydrogen-bond acceptors (Lipinski definition) is 5. The van der Waals surface area contributed by atoms with Crippen LogP contribution in [0, 0.1) is 0 Å². The van der Waals surface area contributed by atoms with Crippen LogP contribution in [0.15, 0.2) is 85.1 Å². The summed E-state index contributed by atoms with van der Waals surface area (Å²) in [6.07, 6.45) is 90.1. The fourth-order valence-corrected chi connectivity index (χ4v) is 11.0. The Hall–Kier alpha value is -2.32. The largest absolute Gasteiger partial charge is 0.472 e. The van der Waals surface area contributed by atoms with Crippen molar-refractivity contribution in [3.05, 3.63) is 85.1 Å². The molecule has 0 radical (unpaired) electrons. The Balaban J connectivity index is 4.03. The van der Waals surface area contributed by atoms with E-state index in [2.05, 4.69) is 92.1 Å². The van der Waals surface area contributed by atoms with Gasteiger partial charge in [0.25, 0.3) is 0 Å². The van der Waals surface area contributed by atoms with E-state index >= 15 is 0 Å². The molecule has 0 heterocycles. The number of phosphoric ester groups is 1. The maximum absolute atomic E-state index is 13.1. The van der Waals surface area contributed by atoms with E-state index in [-0.39, 0.29) is 19.1 Å². The molecular weight excluding hydrogens is 1030 g/mol. The fourth-order valence-electron chi connectivity index (χ4n) is 10.2. The lowest BCUT2D eigenvalue weighted by atomic mass is 10.0. The number of phosphoric acid groups is 1. The molecule has 0 aromatic rings. The number of amides is 1. The van der Waals surface area contributed by atoms with Gasteiger partial charge in [-0.25, -0.2) is 4.57 Å². The van der Waals surface area contributed by atoms with Crippen molar-refractivity contribution in [2.75, 3.05) is 40.9 Å². The predicted molar refractivity (Wildman–Crippen MR) is 360 cm³/mol. The summed E-state index contributed by atoms with van der Waals surface area (Å²) in [6.45, 7) is 4.74. The number of hydrogen-bond donors (Lipinski definition) is 3. The first-order valence-electron chi connectivity index (χ1n) is 35.0. The Morgan fingerprint density at radius 1 is 0.427 bits per heavy atom. The van der Waals surface area contributed by atoms with Crippen LogP contribution in [0.3, 0.4) is 0 Å². The number of nitrogens with one attached hydrogen (secondary N) is 1. The van der Waals surface area contributed by atoms with Crippen LogP contribution < -0.4 is 5.32 Å². The summed E-state index contributed by atoms with van der Waals surface area (Å²) in [6, 6.07) is -0.850. The Bertz CT molecular complexity index is 1610. The van der Waals surface area contributed by atoms with Crippen molar-refractivity contribution >= 4 is 13.7 Å². The van der Waals surface area contributed by atoms with Gasteiger partial charge in [-0.3, -0.25) is 13.8 Å². The molecule has 0 aliphatic rings. The molecule has 0 fully saturated rings. The number of carbonyl (C=O) groups is 1. The van der Waals surface area contributed by atoms with Crippen molar-refractivity contribution in [2.45, 2.75) is 334 Å². The molecule has 0 aliphatic heterocycles. The Kier molecular flexibility index (Phi) is 61.4. The average molecular weight is 1170 g/mol. The van der Waals surface area contributed by atoms with E-state index in [4.69, 9.17) is 9.05 Å². The SMILES string of the molecule is CC/C=C\C/C=C\C/C=C\C/C=C\C/C=C\C/C=C\CCCCCCCCCCCCCCCCCCCCC(=O)NC(COP(=O)(O)OCC[N+](C)(C)C)C(O)/C=C/CCCCCCCCCCCCCCCCCCCCCCC. The number of quaternary nitrogens is 1. The van der Waals surface area contributed by atoms with E-state index in [1.54, 1.807) is 6.08 Å². The van der Waals surface area contributed by atoms with Crippen LogP contribution in [0.5, 0.6) is 0 Å². The van der Waals surface area contributed by atoms with Gasteiger partial charge in [-0.2, -0.15) is 0 Å². The van der Waals surface area contributed by atoms with E-state index in [1.807, 2.05) is 27.2 Å². The van der Waals surface area contributed by atoms with Gasteiger partial charge in [0.1, 0.15) is 13.2 Å². The Morgan fingerprint density at radius 2 is 0.732 bits per heavy atom. The third-order valence-corrected chi connectivity index (χ3v) is 16.6. The van der Waals surface area contributed by atoms with E-state index in [0.717, 1.165) is 77.0 Å². The minimum atomic E-state index is -4.36. The van der Waals surface area contributed by atoms with Gasteiger partial charge in [-0.15, -0.1) is 0 Å². The van der Waals surface area contributed by atoms with Crippen molar-refractivity contribution in [2.24, 2.45) is 0 Å². The lowest BCUT2D eigenvalue weighted by Crippen LogP contribution is -2.45. The second-order valence-electron chi connectivity index (χ2n) is 24.9. The molecule has 0 saturated carbocycles. The predicted octanol–water partition coefficient (Wildman–Crippen LogP) is 22.3. The average Bonchev–Trinajstić information content (AvgIpc) is 3.47. The molecule has 1 amide bonds. The lowest BCUT2D eigenvalue weighted by Gasteiger charge is -2.25. The molecule has 0 aromatic heterocycles. The number of aliphatic hydroxyl groups is 1. The number of aliphatic hydroxyl groups excluding tert-OH is 1. The maximum atomic E-state index is 13.1. The Labute approximate surface area is 509 Å². The van der Waals surface area contributed by atoms with Gasteiger partial charge in [-0.1, -0.05) is 330 Å². The van der Waals surface area contributed by atoms with Gasteiger partial charge < -0.3 is 19.8 Å². The zero-order chi connectivity index (χ0) is 59.8. The summed E-state index contributed by atoms with van der Waals surface area (Å²) in [7, 11) is 1.58. The highest BCUT2D eigenvalue weighted by molar-refractivity contribution is 7.47. The molecule has 3 unspecified atom stereocenters. The van der Waals surface area contributed by atoms with Gasteiger partial charge in [0, 0.05) is 6.42 Å². The maximum Gasteiger partial charge on any atom is 0.472 e. The van der Waals surface area contributed by atoms with E-state index in [9.17, 15) is 19.4 Å². The summed E-state index contributed by atoms with van der Waals surface area (Å²) in [4.78, 5) is 23.4. The van der Waals surface area contributed by atoms with Crippen LogP contribution in [0.4, 0.5) is 0 Å². The molecule has 0 aliphatic carbocycles. The van der Waals surface area contributed by atoms with Crippen LogP contribution >= 0.6 is 7.82 Å². The fraction of sp³-hybridized carbons (Fsp3) is 0.795. The Morgan fingerprint density at radius 3 is 1.07 bits per heavy atom. The minimum Gasteiger partial charge on any atom is -0.387 e. The van der Waals surface area contributed by atoms with Crippen LogP contribution in [0.25, 0.3) is 0 Å². The quantitative estimate of drug-likeness (QED) is 0.0243. The van der Waals surface area contributed by atoms with Crippen molar-refractivity contribution in [1.29, 1.82) is 0 Å². The smallest absolute Gasteiger partial charge is 0.387 e. The highest BCUT2D eigenvalue weighted by Crippen LogP contribution is 2.43. The molecule has 0 aromatic carbocycles. The minimum absolute atomic E-state index is 0.0609. The molecule has 0 saturated heterocycles. The highest BCUT2D eigenvalue weighted by Gasteiger charge is 2.28. The zero-order valence-electron chi connectivity index (χ0n) is 54.7. The molecule has 478 valence electrons. The highest BCUT2D eigenvalue weighted by atomic mass is 31.2. The molecule has 0 spiro atoms. The van der Waals surface area contributed by atoms with E-state index < -0.39 is 20.0 Å². The molecule has 9 heteroatoms. The number of rotatable bonds is 64. The monoisotopic (exact) mass is 1170 g/mol. The number of allylic oxidation sites excluding steroid dienone is 13. The van der Waals surface area contributed by atoms with Crippen molar-refractivity contribution in [3.63, 3.8) is 0 Å². The first kappa shape index (κ1) is 79.7. The third kappa shape index (κ3) is 65.2.